The Bertz CT molecular complexity index is 586. The minimum atomic E-state index is 0.350. The molecule has 0 fully saturated rings. The zero-order chi connectivity index (χ0) is 14.5. The fourth-order valence-corrected chi connectivity index (χ4v) is 1.98. The molecule has 2 rings (SSSR count). The molecule has 108 valence electrons. The van der Waals surface area contributed by atoms with Crippen LogP contribution in [0.2, 0.25) is 0 Å². The molecule has 0 radical (unpaired) electrons. The van der Waals surface area contributed by atoms with E-state index in [4.69, 9.17) is 30.2 Å². The monoisotopic (exact) mass is 298 g/mol. The van der Waals surface area contributed by atoms with Crippen LogP contribution in [0.25, 0.3) is 11.5 Å². The lowest BCUT2D eigenvalue weighted by atomic mass is 10.1. The van der Waals surface area contributed by atoms with Gasteiger partial charge in [-0.15, -0.1) is 21.8 Å². The maximum Gasteiger partial charge on any atom is 0.251 e. The second-order valence-electron chi connectivity index (χ2n) is 3.82. The van der Waals surface area contributed by atoms with Crippen LogP contribution >= 0.6 is 11.6 Å². The van der Waals surface area contributed by atoms with Crippen LogP contribution in [0.1, 0.15) is 5.89 Å². The van der Waals surface area contributed by atoms with Gasteiger partial charge >= 0.3 is 0 Å². The van der Waals surface area contributed by atoms with Gasteiger partial charge in [0.1, 0.15) is 0 Å². The first-order valence-corrected chi connectivity index (χ1v) is 6.46. The molecule has 0 aliphatic carbocycles. The quantitative estimate of drug-likeness (QED) is 0.764. The first kappa shape index (κ1) is 14.5. The SMILES string of the molecule is COc1ccc(-c2nnc(CCCl)o2)c(OC)c1OC. The molecule has 0 saturated carbocycles. The van der Waals surface area contributed by atoms with Gasteiger partial charge in [-0.2, -0.15) is 0 Å². The van der Waals surface area contributed by atoms with Crippen LogP contribution in [-0.4, -0.2) is 37.4 Å². The van der Waals surface area contributed by atoms with E-state index < -0.39 is 0 Å². The maximum absolute atomic E-state index is 5.65. The van der Waals surface area contributed by atoms with Crippen molar-refractivity contribution in [2.24, 2.45) is 0 Å². The van der Waals surface area contributed by atoms with Crippen molar-refractivity contribution < 1.29 is 18.6 Å². The number of hydrogen-bond acceptors (Lipinski definition) is 6. The van der Waals surface area contributed by atoms with Crippen LogP contribution in [0.15, 0.2) is 16.5 Å². The lowest BCUT2D eigenvalue weighted by molar-refractivity contribution is 0.324. The molecule has 0 aliphatic heterocycles. The number of ether oxygens (including phenoxy) is 3. The Hall–Kier alpha value is -1.95. The topological polar surface area (TPSA) is 66.6 Å². The number of alkyl halides is 1. The normalized spacial score (nSPS) is 10.4. The standard InChI is InChI=1S/C13H15ClN2O4/c1-17-9-5-4-8(11(18-2)12(9)19-3)13-16-15-10(20-13)6-7-14/h4-5H,6-7H2,1-3H3. The van der Waals surface area contributed by atoms with E-state index in [1.54, 1.807) is 19.2 Å². The van der Waals surface area contributed by atoms with Crippen LogP contribution in [0.4, 0.5) is 0 Å². The predicted molar refractivity (Wildman–Crippen MR) is 73.8 cm³/mol. The third-order valence-electron chi connectivity index (χ3n) is 2.71. The number of rotatable bonds is 6. The summed E-state index contributed by atoms with van der Waals surface area (Å²) >= 11 is 5.65. The Balaban J connectivity index is 2.49. The number of halogens is 1. The summed E-state index contributed by atoms with van der Waals surface area (Å²) in [5, 5.41) is 7.92. The third kappa shape index (κ3) is 2.65. The minimum absolute atomic E-state index is 0.350. The molecule has 0 saturated heterocycles. The highest BCUT2D eigenvalue weighted by Crippen LogP contribution is 2.43. The number of nitrogens with zero attached hydrogens (tertiary/aromatic N) is 2. The molecule has 0 amide bonds. The Morgan fingerprint density at radius 3 is 2.40 bits per heavy atom. The maximum atomic E-state index is 5.65. The zero-order valence-electron chi connectivity index (χ0n) is 11.5. The van der Waals surface area contributed by atoms with Gasteiger partial charge in [0.25, 0.3) is 5.89 Å². The second kappa shape index (κ2) is 6.47. The summed E-state index contributed by atoms with van der Waals surface area (Å²) in [4.78, 5) is 0. The predicted octanol–water partition coefficient (Wildman–Crippen LogP) is 2.54. The van der Waals surface area contributed by atoms with Crippen molar-refractivity contribution in [3.8, 4) is 28.7 Å². The van der Waals surface area contributed by atoms with Gasteiger partial charge in [0.2, 0.25) is 11.6 Å². The molecule has 7 heteroatoms. The summed E-state index contributed by atoms with van der Waals surface area (Å²) in [6.45, 7) is 0. The van der Waals surface area contributed by atoms with E-state index >= 15 is 0 Å². The average molecular weight is 299 g/mol. The van der Waals surface area contributed by atoms with Crippen LogP contribution in [-0.2, 0) is 6.42 Å². The smallest absolute Gasteiger partial charge is 0.251 e. The molecule has 2 aromatic rings. The molecule has 0 N–H and O–H groups in total. The lowest BCUT2D eigenvalue weighted by Gasteiger charge is -2.13. The number of aromatic nitrogens is 2. The van der Waals surface area contributed by atoms with Crippen molar-refractivity contribution in [2.75, 3.05) is 27.2 Å². The third-order valence-corrected chi connectivity index (χ3v) is 2.90. The lowest BCUT2D eigenvalue weighted by Crippen LogP contribution is -1.97. The van der Waals surface area contributed by atoms with Crippen LogP contribution < -0.4 is 14.2 Å². The van der Waals surface area contributed by atoms with E-state index in [0.717, 1.165) is 0 Å². The van der Waals surface area contributed by atoms with Gasteiger partial charge in [-0.3, -0.25) is 0 Å². The Morgan fingerprint density at radius 2 is 1.80 bits per heavy atom. The molecule has 6 nitrogen and oxygen atoms in total. The van der Waals surface area contributed by atoms with Crippen LogP contribution in [0.5, 0.6) is 17.2 Å². The van der Waals surface area contributed by atoms with Gasteiger partial charge in [0, 0.05) is 12.3 Å². The highest BCUT2D eigenvalue weighted by atomic mass is 35.5. The summed E-state index contributed by atoms with van der Waals surface area (Å²) in [6.07, 6.45) is 0.518. The molecule has 1 aromatic carbocycles. The second-order valence-corrected chi connectivity index (χ2v) is 4.20. The van der Waals surface area contributed by atoms with E-state index in [1.807, 2.05) is 0 Å². The molecule has 0 aliphatic rings. The van der Waals surface area contributed by atoms with Gasteiger partial charge < -0.3 is 18.6 Å². The molecular formula is C13H15ClN2O4. The molecule has 0 atom stereocenters. The van der Waals surface area contributed by atoms with Crippen molar-refractivity contribution in [2.45, 2.75) is 6.42 Å². The fourth-order valence-electron chi connectivity index (χ4n) is 1.81. The molecule has 0 bridgehead atoms. The fraction of sp³-hybridized carbons (Fsp3) is 0.385. The van der Waals surface area contributed by atoms with Crippen LogP contribution in [0, 0.1) is 0 Å². The highest BCUT2D eigenvalue weighted by Gasteiger charge is 2.20. The summed E-state index contributed by atoms with van der Waals surface area (Å²) < 4.78 is 21.5. The molecule has 1 heterocycles. The molecule has 1 aromatic heterocycles. The van der Waals surface area contributed by atoms with E-state index in [2.05, 4.69) is 10.2 Å². The highest BCUT2D eigenvalue weighted by molar-refractivity contribution is 6.17. The number of hydrogen-bond donors (Lipinski definition) is 0. The number of methoxy groups -OCH3 is 3. The van der Waals surface area contributed by atoms with Crippen molar-refractivity contribution in [3.63, 3.8) is 0 Å². The molecule has 0 spiro atoms. The van der Waals surface area contributed by atoms with Crippen LogP contribution in [0.3, 0.4) is 0 Å². The van der Waals surface area contributed by atoms with Crippen molar-refractivity contribution in [1.82, 2.24) is 10.2 Å². The summed E-state index contributed by atoms with van der Waals surface area (Å²) in [5.41, 5.74) is 0.637. The number of aryl methyl sites for hydroxylation is 1. The average Bonchev–Trinajstić information content (AvgIpc) is 2.94. The number of benzene rings is 1. The van der Waals surface area contributed by atoms with Gasteiger partial charge in [0.05, 0.1) is 26.9 Å². The van der Waals surface area contributed by atoms with Gasteiger partial charge in [0.15, 0.2) is 11.5 Å². The van der Waals surface area contributed by atoms with Gasteiger partial charge in [-0.25, -0.2) is 0 Å². The van der Waals surface area contributed by atoms with Crippen molar-refractivity contribution in [3.05, 3.63) is 18.0 Å². The molecular weight excluding hydrogens is 284 g/mol. The van der Waals surface area contributed by atoms with Crippen molar-refractivity contribution in [1.29, 1.82) is 0 Å². The van der Waals surface area contributed by atoms with E-state index in [-0.39, 0.29) is 0 Å². The summed E-state index contributed by atoms with van der Waals surface area (Å²) in [7, 11) is 4.63. The zero-order valence-corrected chi connectivity index (χ0v) is 12.2. The summed E-state index contributed by atoms with van der Waals surface area (Å²) in [5.74, 6) is 2.77. The largest absolute Gasteiger partial charge is 0.493 e. The Labute approximate surface area is 121 Å². The van der Waals surface area contributed by atoms with E-state index in [0.29, 0.717) is 46.9 Å². The Kier molecular flexibility index (Phi) is 4.68. The van der Waals surface area contributed by atoms with Gasteiger partial charge in [-0.1, -0.05) is 0 Å². The van der Waals surface area contributed by atoms with Gasteiger partial charge in [-0.05, 0) is 12.1 Å². The van der Waals surface area contributed by atoms with E-state index in [1.165, 1.54) is 14.2 Å². The first-order valence-electron chi connectivity index (χ1n) is 5.92. The first-order chi connectivity index (χ1) is 9.74. The minimum Gasteiger partial charge on any atom is -0.493 e. The van der Waals surface area contributed by atoms with E-state index in [9.17, 15) is 0 Å². The van der Waals surface area contributed by atoms with Crippen molar-refractivity contribution >= 4 is 11.6 Å². The molecule has 0 unspecified atom stereocenters. The molecule has 20 heavy (non-hydrogen) atoms. The summed E-state index contributed by atoms with van der Waals surface area (Å²) in [6, 6.07) is 3.53. The Morgan fingerprint density at radius 1 is 1.05 bits per heavy atom.